The number of hydrogen-bond donors (Lipinski definition) is 0. The van der Waals surface area contributed by atoms with Gasteiger partial charge in [-0.3, -0.25) is 0 Å². The molecule has 3 heteroatoms. The smallest absolute Gasteiger partial charge is 0.113 e. The molecule has 0 aliphatic heterocycles. The van der Waals surface area contributed by atoms with Gasteiger partial charge in [0, 0.05) is 0 Å². The topological polar surface area (TPSA) is 23.8 Å². The molecular formula is C8H5B2N. The number of benzene rings is 1. The molecule has 0 aliphatic rings. The first-order chi connectivity index (χ1) is 5.25. The Morgan fingerprint density at radius 1 is 1.36 bits per heavy atom. The molecule has 0 atom stereocenters. The largest absolute Gasteiger partial charge is 0.198 e. The first-order valence-corrected chi connectivity index (χ1v) is 3.25. The van der Waals surface area contributed by atoms with E-state index in [0.29, 0.717) is 17.3 Å². The van der Waals surface area contributed by atoms with Crippen molar-refractivity contribution >= 4 is 26.6 Å². The van der Waals surface area contributed by atoms with Crippen LogP contribution in [0.15, 0.2) is 18.2 Å². The molecule has 4 radical (unpaired) electrons. The molecule has 0 bridgehead atoms. The number of nitriles is 1. The Bertz CT molecular complexity index is 301. The van der Waals surface area contributed by atoms with E-state index < -0.39 is 0 Å². The van der Waals surface area contributed by atoms with E-state index in [0.717, 1.165) is 5.56 Å². The van der Waals surface area contributed by atoms with Gasteiger partial charge in [-0.1, -0.05) is 23.7 Å². The van der Waals surface area contributed by atoms with Gasteiger partial charge in [0.05, 0.1) is 12.5 Å². The van der Waals surface area contributed by atoms with Crippen LogP contribution in [0.4, 0.5) is 0 Å². The minimum Gasteiger partial charge on any atom is -0.198 e. The fourth-order valence-electron chi connectivity index (χ4n) is 0.872. The summed E-state index contributed by atoms with van der Waals surface area (Å²) in [7, 11) is 11.1. The van der Waals surface area contributed by atoms with Gasteiger partial charge in [-0.15, -0.1) is 5.46 Å². The molecule has 0 amide bonds. The number of nitrogens with zero attached hydrogens (tertiary/aromatic N) is 1. The minimum absolute atomic E-state index is 0.316. The average molecular weight is 137 g/mol. The van der Waals surface area contributed by atoms with E-state index in [1.807, 2.05) is 6.07 Å². The van der Waals surface area contributed by atoms with Crippen LogP contribution < -0.4 is 10.9 Å². The summed E-state index contributed by atoms with van der Waals surface area (Å²) < 4.78 is 0. The summed E-state index contributed by atoms with van der Waals surface area (Å²) in [5, 5.41) is 8.39. The zero-order valence-corrected chi connectivity index (χ0v) is 6.04. The number of rotatable bonds is 1. The van der Waals surface area contributed by atoms with Crippen LogP contribution in [0.5, 0.6) is 0 Å². The lowest BCUT2D eigenvalue weighted by Crippen LogP contribution is -2.28. The van der Waals surface area contributed by atoms with Gasteiger partial charge in [-0.05, 0) is 5.56 Å². The fourth-order valence-corrected chi connectivity index (χ4v) is 0.872. The van der Waals surface area contributed by atoms with E-state index in [9.17, 15) is 0 Å². The van der Waals surface area contributed by atoms with Crippen molar-refractivity contribution in [2.24, 2.45) is 0 Å². The van der Waals surface area contributed by atoms with Crippen molar-refractivity contribution in [1.82, 2.24) is 0 Å². The van der Waals surface area contributed by atoms with Gasteiger partial charge < -0.3 is 0 Å². The summed E-state index contributed by atoms with van der Waals surface area (Å²) >= 11 is 0. The zero-order chi connectivity index (χ0) is 8.27. The van der Waals surface area contributed by atoms with Crippen LogP contribution in [0.1, 0.15) is 5.56 Å². The molecule has 0 fully saturated rings. The first kappa shape index (κ1) is 7.94. The van der Waals surface area contributed by atoms with Crippen molar-refractivity contribution in [3.05, 3.63) is 23.8 Å². The summed E-state index contributed by atoms with van der Waals surface area (Å²) in [4.78, 5) is 0. The van der Waals surface area contributed by atoms with E-state index in [4.69, 9.17) is 21.0 Å². The van der Waals surface area contributed by atoms with E-state index in [2.05, 4.69) is 0 Å². The van der Waals surface area contributed by atoms with Gasteiger partial charge in [-0.2, -0.15) is 5.26 Å². The molecule has 0 heterocycles. The van der Waals surface area contributed by atoms with Crippen LogP contribution in [-0.2, 0) is 6.42 Å². The van der Waals surface area contributed by atoms with Gasteiger partial charge in [0.2, 0.25) is 0 Å². The lowest BCUT2D eigenvalue weighted by Gasteiger charge is -2.04. The van der Waals surface area contributed by atoms with E-state index in [1.165, 1.54) is 0 Å². The first-order valence-electron chi connectivity index (χ1n) is 3.25. The monoisotopic (exact) mass is 137 g/mol. The molecular weight excluding hydrogens is 132 g/mol. The van der Waals surface area contributed by atoms with Crippen LogP contribution in [-0.4, -0.2) is 15.7 Å². The molecule has 48 valence electrons. The summed E-state index contributed by atoms with van der Waals surface area (Å²) in [5.41, 5.74) is 1.86. The predicted octanol–water partition coefficient (Wildman–Crippen LogP) is -0.660. The maximum Gasteiger partial charge on any atom is 0.113 e. The standard InChI is InChI=1S/C8H5B2N/c9-7-3-1-2-6(4-5-11)8(7)10/h1-3H,4H2. The predicted molar refractivity (Wildman–Crippen MR) is 46.5 cm³/mol. The third kappa shape index (κ3) is 1.65. The van der Waals surface area contributed by atoms with Crippen LogP contribution in [0.25, 0.3) is 0 Å². The van der Waals surface area contributed by atoms with Gasteiger partial charge in [0.1, 0.15) is 15.7 Å². The molecule has 1 aromatic rings. The van der Waals surface area contributed by atoms with E-state index >= 15 is 0 Å². The van der Waals surface area contributed by atoms with Crippen LogP contribution in [0.2, 0.25) is 0 Å². The van der Waals surface area contributed by atoms with Crippen molar-refractivity contribution in [1.29, 1.82) is 5.26 Å². The second-order valence-electron chi connectivity index (χ2n) is 2.25. The molecule has 0 aliphatic carbocycles. The molecule has 0 spiro atoms. The number of hydrogen-bond acceptors (Lipinski definition) is 1. The van der Waals surface area contributed by atoms with Crippen molar-refractivity contribution in [2.45, 2.75) is 6.42 Å². The van der Waals surface area contributed by atoms with Crippen molar-refractivity contribution in [3.8, 4) is 6.07 Å². The highest BCUT2D eigenvalue weighted by Crippen LogP contribution is 1.92. The quantitative estimate of drug-likeness (QED) is 0.471. The van der Waals surface area contributed by atoms with Crippen molar-refractivity contribution in [3.63, 3.8) is 0 Å². The molecule has 1 aromatic carbocycles. The summed E-state index contributed by atoms with van der Waals surface area (Å²) in [6, 6.07) is 7.33. The molecule has 1 rings (SSSR count). The van der Waals surface area contributed by atoms with Gasteiger partial charge >= 0.3 is 0 Å². The summed E-state index contributed by atoms with van der Waals surface area (Å²) in [6.07, 6.45) is 0.316. The molecule has 0 N–H and O–H groups in total. The van der Waals surface area contributed by atoms with E-state index in [-0.39, 0.29) is 0 Å². The Balaban J connectivity index is 3.08. The van der Waals surface area contributed by atoms with E-state index in [1.54, 1.807) is 18.2 Å². The highest BCUT2D eigenvalue weighted by Gasteiger charge is 1.97. The van der Waals surface area contributed by atoms with Gasteiger partial charge in [0.25, 0.3) is 0 Å². The maximum atomic E-state index is 8.39. The van der Waals surface area contributed by atoms with Crippen LogP contribution in [0.3, 0.4) is 0 Å². The Kier molecular flexibility index (Phi) is 2.38. The van der Waals surface area contributed by atoms with Crippen LogP contribution in [0, 0.1) is 11.3 Å². The summed E-state index contributed by atoms with van der Waals surface area (Å²) in [5.74, 6) is 0. The normalized spacial score (nSPS) is 9.00. The Morgan fingerprint density at radius 2 is 2.09 bits per heavy atom. The van der Waals surface area contributed by atoms with Crippen molar-refractivity contribution in [2.75, 3.05) is 0 Å². The second kappa shape index (κ2) is 3.30. The lowest BCUT2D eigenvalue weighted by atomic mass is 9.77. The zero-order valence-electron chi connectivity index (χ0n) is 6.04. The third-order valence-electron chi connectivity index (χ3n) is 1.50. The van der Waals surface area contributed by atoms with Gasteiger partial charge in [0.15, 0.2) is 0 Å². The second-order valence-corrected chi connectivity index (χ2v) is 2.25. The Morgan fingerprint density at radius 3 is 2.73 bits per heavy atom. The molecule has 0 saturated carbocycles. The summed E-state index contributed by atoms with van der Waals surface area (Å²) in [6.45, 7) is 0. The Hall–Kier alpha value is -1.16. The molecule has 11 heavy (non-hydrogen) atoms. The SMILES string of the molecule is [B]c1cccc(CC#N)c1[B]. The van der Waals surface area contributed by atoms with Gasteiger partial charge in [-0.25, -0.2) is 0 Å². The molecule has 1 nitrogen and oxygen atoms in total. The third-order valence-corrected chi connectivity index (χ3v) is 1.50. The highest BCUT2D eigenvalue weighted by molar-refractivity contribution is 6.49. The molecule has 0 aromatic heterocycles. The fraction of sp³-hybridized carbons (Fsp3) is 0.125. The van der Waals surface area contributed by atoms with Crippen LogP contribution >= 0.6 is 0 Å². The minimum atomic E-state index is 0.316. The lowest BCUT2D eigenvalue weighted by molar-refractivity contribution is 1.28. The molecule has 0 unspecified atom stereocenters. The molecule has 0 saturated heterocycles. The average Bonchev–Trinajstić information content (AvgIpc) is 1.99. The maximum absolute atomic E-state index is 8.39. The highest BCUT2D eigenvalue weighted by atomic mass is 14.2. The van der Waals surface area contributed by atoms with Crippen molar-refractivity contribution < 1.29 is 0 Å². The Labute approximate surface area is 68.9 Å².